The van der Waals surface area contributed by atoms with E-state index in [0.29, 0.717) is 11.3 Å². The van der Waals surface area contributed by atoms with Crippen LogP contribution in [0.5, 0.6) is 0 Å². The lowest BCUT2D eigenvalue weighted by atomic mass is 10.0. The molecule has 0 bridgehead atoms. The van der Waals surface area contributed by atoms with Crippen molar-refractivity contribution in [1.29, 1.82) is 0 Å². The summed E-state index contributed by atoms with van der Waals surface area (Å²) in [5.41, 5.74) is 1.93. The summed E-state index contributed by atoms with van der Waals surface area (Å²) in [4.78, 5) is 12.1. The molecule has 0 saturated heterocycles. The van der Waals surface area contributed by atoms with E-state index < -0.39 is 0 Å². The van der Waals surface area contributed by atoms with Gasteiger partial charge in [-0.2, -0.15) is 0 Å². The fraction of sp³-hybridized carbons (Fsp3) is 0.118. The highest BCUT2D eigenvalue weighted by atomic mass is 16.5. The van der Waals surface area contributed by atoms with Gasteiger partial charge >= 0.3 is 5.63 Å². The van der Waals surface area contributed by atoms with Crippen molar-refractivity contribution >= 4 is 5.57 Å². The van der Waals surface area contributed by atoms with Crippen LogP contribution >= 0.6 is 0 Å². The highest BCUT2D eigenvalue weighted by Crippen LogP contribution is 2.29. The molecule has 0 fully saturated rings. The normalized spacial score (nSPS) is 18.1. The van der Waals surface area contributed by atoms with E-state index in [1.807, 2.05) is 54.6 Å². The molecule has 3 heteroatoms. The summed E-state index contributed by atoms with van der Waals surface area (Å²) >= 11 is 0. The Balaban J connectivity index is 2.14. The number of ether oxygens (including phenoxy) is 1. The Morgan fingerprint density at radius 2 is 2.00 bits per heavy atom. The summed E-state index contributed by atoms with van der Waals surface area (Å²) in [7, 11) is 1.65. The minimum absolute atomic E-state index is 0.0758. The van der Waals surface area contributed by atoms with E-state index in [0.717, 1.165) is 11.1 Å². The summed E-state index contributed by atoms with van der Waals surface area (Å²) in [6, 6.07) is 9.35. The van der Waals surface area contributed by atoms with Crippen molar-refractivity contribution in [2.75, 3.05) is 7.11 Å². The predicted octanol–water partition coefficient (Wildman–Crippen LogP) is 3.27. The van der Waals surface area contributed by atoms with Gasteiger partial charge < -0.3 is 9.15 Å². The molecule has 3 nitrogen and oxygen atoms in total. The summed E-state index contributed by atoms with van der Waals surface area (Å²) in [5.74, 6) is 0.598. The van der Waals surface area contributed by atoms with Crippen LogP contribution in [0.3, 0.4) is 0 Å². The predicted molar refractivity (Wildman–Crippen MR) is 78.7 cm³/mol. The van der Waals surface area contributed by atoms with Crippen molar-refractivity contribution in [3.63, 3.8) is 0 Å². The molecule has 0 spiro atoms. The largest absolute Gasteiger partial charge is 0.422 e. The molecule has 0 N–H and O–H groups in total. The van der Waals surface area contributed by atoms with Crippen molar-refractivity contribution in [2.24, 2.45) is 0 Å². The van der Waals surface area contributed by atoms with E-state index >= 15 is 0 Å². The van der Waals surface area contributed by atoms with Crippen LogP contribution in [0.2, 0.25) is 0 Å². The van der Waals surface area contributed by atoms with Crippen LogP contribution in [0.1, 0.15) is 5.56 Å². The molecule has 0 radical (unpaired) electrons. The fourth-order valence-corrected chi connectivity index (χ4v) is 2.27. The number of methoxy groups -OCH3 is 1. The second-order valence-corrected chi connectivity index (χ2v) is 4.52. The molecule has 20 heavy (non-hydrogen) atoms. The van der Waals surface area contributed by atoms with Crippen molar-refractivity contribution < 1.29 is 9.15 Å². The number of rotatable bonds is 2. The maximum Gasteiger partial charge on any atom is 0.344 e. The summed E-state index contributed by atoms with van der Waals surface area (Å²) in [6.45, 7) is 0. The van der Waals surface area contributed by atoms with Crippen molar-refractivity contribution in [3.05, 3.63) is 76.7 Å². The number of fused-ring (bicyclic) bond motifs is 1. The van der Waals surface area contributed by atoms with Crippen LogP contribution in [-0.4, -0.2) is 13.2 Å². The monoisotopic (exact) mass is 266 g/mol. The third kappa shape index (κ3) is 2.24. The molecule has 0 amide bonds. The van der Waals surface area contributed by atoms with Crippen LogP contribution in [0, 0.1) is 0 Å². The molecule has 3 aliphatic rings. The Morgan fingerprint density at radius 1 is 1.15 bits per heavy atom. The quantitative estimate of drug-likeness (QED) is 0.837. The van der Waals surface area contributed by atoms with E-state index in [1.165, 1.54) is 0 Å². The van der Waals surface area contributed by atoms with Gasteiger partial charge in [-0.25, -0.2) is 4.79 Å². The maximum absolute atomic E-state index is 12.1. The molecule has 3 rings (SSSR count). The van der Waals surface area contributed by atoms with E-state index in [9.17, 15) is 4.79 Å². The first-order valence-electron chi connectivity index (χ1n) is 6.41. The topological polar surface area (TPSA) is 39.4 Å². The molecule has 0 aromatic heterocycles. The molecule has 100 valence electrons. The van der Waals surface area contributed by atoms with Crippen molar-refractivity contribution in [3.8, 4) is 11.3 Å². The van der Waals surface area contributed by atoms with Gasteiger partial charge in [-0.05, 0) is 11.6 Å². The lowest BCUT2D eigenvalue weighted by Crippen LogP contribution is -2.01. The molecular formula is C17H14O3. The smallest absolute Gasteiger partial charge is 0.344 e. The summed E-state index contributed by atoms with van der Waals surface area (Å²) in [6.07, 6.45) is 9.45. The molecule has 0 saturated carbocycles. The average Bonchev–Trinajstić information content (AvgIpc) is 2.69. The van der Waals surface area contributed by atoms with Crippen LogP contribution in [0.4, 0.5) is 0 Å². The van der Waals surface area contributed by atoms with Crippen LogP contribution in [-0.2, 0) is 4.74 Å². The SMILES string of the molecule is COC1C=CC=C(c2c3cccccc-3oc2=O)C=C1. The highest BCUT2D eigenvalue weighted by molar-refractivity contribution is 5.85. The standard InChI is InChI=1S/C17H14O3/c1-19-13-7-5-6-12(10-11-13)16-14-8-3-2-4-9-15(14)20-17(16)18/h2-11,13H,1H3. The molecule has 0 aromatic rings. The van der Waals surface area contributed by atoms with E-state index in [4.69, 9.17) is 9.15 Å². The Bertz CT molecular complexity index is 734. The fourth-order valence-electron chi connectivity index (χ4n) is 2.27. The van der Waals surface area contributed by atoms with Gasteiger partial charge in [0.2, 0.25) is 0 Å². The van der Waals surface area contributed by atoms with Crippen LogP contribution < -0.4 is 5.63 Å². The van der Waals surface area contributed by atoms with Gasteiger partial charge in [0, 0.05) is 12.7 Å². The Morgan fingerprint density at radius 3 is 2.85 bits per heavy atom. The minimum Gasteiger partial charge on any atom is -0.422 e. The zero-order valence-corrected chi connectivity index (χ0v) is 11.1. The van der Waals surface area contributed by atoms with Crippen molar-refractivity contribution in [1.82, 2.24) is 0 Å². The Hall–Kier alpha value is -2.39. The van der Waals surface area contributed by atoms with Gasteiger partial charge in [0.15, 0.2) is 0 Å². The first-order chi connectivity index (χ1) is 9.79. The number of hydrogen-bond acceptors (Lipinski definition) is 3. The van der Waals surface area contributed by atoms with Gasteiger partial charge in [0.25, 0.3) is 0 Å². The molecule has 2 aliphatic carbocycles. The average molecular weight is 266 g/mol. The third-order valence-electron chi connectivity index (χ3n) is 3.28. The van der Waals surface area contributed by atoms with Crippen LogP contribution in [0.15, 0.2) is 69.9 Å². The van der Waals surface area contributed by atoms with Gasteiger partial charge in [0.05, 0.1) is 11.7 Å². The van der Waals surface area contributed by atoms with E-state index in [1.54, 1.807) is 13.2 Å². The Kier molecular flexibility index (Phi) is 3.35. The van der Waals surface area contributed by atoms with Gasteiger partial charge in [-0.1, -0.05) is 54.6 Å². The van der Waals surface area contributed by atoms with Gasteiger partial charge in [0.1, 0.15) is 5.76 Å². The number of hydrogen-bond donors (Lipinski definition) is 0. The first kappa shape index (κ1) is 12.6. The van der Waals surface area contributed by atoms with Gasteiger partial charge in [-0.15, -0.1) is 0 Å². The van der Waals surface area contributed by atoms with Gasteiger partial charge in [-0.3, -0.25) is 0 Å². The first-order valence-corrected chi connectivity index (χ1v) is 6.41. The highest BCUT2D eigenvalue weighted by Gasteiger charge is 2.19. The summed E-state index contributed by atoms with van der Waals surface area (Å²) < 4.78 is 10.6. The third-order valence-corrected chi connectivity index (χ3v) is 3.28. The molecule has 1 heterocycles. The zero-order valence-electron chi connectivity index (χ0n) is 11.1. The second kappa shape index (κ2) is 5.31. The number of furan rings is 1. The molecule has 0 aromatic carbocycles. The van der Waals surface area contributed by atoms with E-state index in [2.05, 4.69) is 0 Å². The lowest BCUT2D eigenvalue weighted by Gasteiger charge is -2.02. The minimum atomic E-state index is -0.314. The zero-order chi connectivity index (χ0) is 13.9. The summed E-state index contributed by atoms with van der Waals surface area (Å²) in [5, 5.41) is 0. The Labute approximate surface area is 116 Å². The van der Waals surface area contributed by atoms with E-state index in [-0.39, 0.29) is 11.7 Å². The molecule has 1 aliphatic heterocycles. The molecule has 1 unspecified atom stereocenters. The lowest BCUT2D eigenvalue weighted by molar-refractivity contribution is 0.178. The van der Waals surface area contributed by atoms with Crippen molar-refractivity contribution in [2.45, 2.75) is 6.10 Å². The second-order valence-electron chi connectivity index (χ2n) is 4.52. The maximum atomic E-state index is 12.1. The molecular weight excluding hydrogens is 252 g/mol. The molecule has 1 atom stereocenters. The number of allylic oxidation sites excluding steroid dienone is 4. The van der Waals surface area contributed by atoms with Crippen LogP contribution in [0.25, 0.3) is 16.9 Å².